The average molecular weight is 297 g/mol. The first-order valence-electron chi connectivity index (χ1n) is 6.38. The molecule has 0 fully saturated rings. The molecule has 0 amide bonds. The SMILES string of the molecule is CSc1n[nH]c(-c2ccc(-c3ccc4occc4c3)o2)n1. The second kappa shape index (κ2) is 4.82. The number of hydrogen-bond donors (Lipinski definition) is 1. The van der Waals surface area contributed by atoms with E-state index < -0.39 is 0 Å². The van der Waals surface area contributed by atoms with Crippen LogP contribution in [0.2, 0.25) is 0 Å². The van der Waals surface area contributed by atoms with Crippen LogP contribution in [0.25, 0.3) is 33.9 Å². The van der Waals surface area contributed by atoms with Crippen LogP contribution in [0.4, 0.5) is 0 Å². The predicted molar refractivity (Wildman–Crippen MR) is 81.1 cm³/mol. The molecule has 0 aliphatic heterocycles. The van der Waals surface area contributed by atoms with Crippen LogP contribution < -0.4 is 0 Å². The number of benzene rings is 1. The van der Waals surface area contributed by atoms with Crippen molar-refractivity contribution in [3.8, 4) is 22.9 Å². The summed E-state index contributed by atoms with van der Waals surface area (Å²) in [5.41, 5.74) is 1.87. The van der Waals surface area contributed by atoms with Gasteiger partial charge in [-0.1, -0.05) is 11.8 Å². The molecule has 0 unspecified atom stereocenters. The maximum Gasteiger partial charge on any atom is 0.208 e. The summed E-state index contributed by atoms with van der Waals surface area (Å²) in [5.74, 6) is 2.09. The fourth-order valence-corrected chi connectivity index (χ4v) is 2.51. The van der Waals surface area contributed by atoms with E-state index >= 15 is 0 Å². The van der Waals surface area contributed by atoms with E-state index in [-0.39, 0.29) is 0 Å². The zero-order valence-corrected chi connectivity index (χ0v) is 12.0. The summed E-state index contributed by atoms with van der Waals surface area (Å²) in [6, 6.07) is 11.7. The van der Waals surface area contributed by atoms with Crippen molar-refractivity contribution in [2.45, 2.75) is 5.16 Å². The molecule has 0 spiro atoms. The lowest BCUT2D eigenvalue weighted by atomic mass is 10.1. The van der Waals surface area contributed by atoms with Crippen LogP contribution in [-0.2, 0) is 0 Å². The van der Waals surface area contributed by atoms with Crippen LogP contribution in [0.1, 0.15) is 0 Å². The lowest BCUT2D eigenvalue weighted by Gasteiger charge is -1.97. The second-order valence-corrected chi connectivity index (χ2v) is 5.28. The number of rotatable bonds is 3. The Hall–Kier alpha value is -2.47. The molecule has 0 aliphatic carbocycles. The summed E-state index contributed by atoms with van der Waals surface area (Å²) in [6.07, 6.45) is 3.61. The van der Waals surface area contributed by atoms with E-state index in [1.807, 2.05) is 42.7 Å². The van der Waals surface area contributed by atoms with Crippen LogP contribution >= 0.6 is 11.8 Å². The number of thioether (sulfide) groups is 1. The molecular weight excluding hydrogens is 286 g/mol. The second-order valence-electron chi connectivity index (χ2n) is 4.51. The van der Waals surface area contributed by atoms with Crippen LogP contribution in [0.5, 0.6) is 0 Å². The van der Waals surface area contributed by atoms with Gasteiger partial charge >= 0.3 is 0 Å². The minimum atomic E-state index is 0.634. The van der Waals surface area contributed by atoms with Crippen molar-refractivity contribution in [3.63, 3.8) is 0 Å². The number of aromatic nitrogens is 3. The summed E-state index contributed by atoms with van der Waals surface area (Å²) in [4.78, 5) is 4.34. The molecule has 5 nitrogen and oxygen atoms in total. The van der Waals surface area contributed by atoms with E-state index in [2.05, 4.69) is 15.2 Å². The predicted octanol–water partition coefficient (Wildman–Crippen LogP) is 4.20. The third kappa shape index (κ3) is 2.13. The minimum Gasteiger partial charge on any atom is -0.464 e. The quantitative estimate of drug-likeness (QED) is 0.574. The Kier molecular flexibility index (Phi) is 2.82. The molecule has 4 aromatic rings. The number of aromatic amines is 1. The fourth-order valence-electron chi connectivity index (χ4n) is 2.19. The summed E-state index contributed by atoms with van der Waals surface area (Å²) in [5, 5.41) is 8.70. The average Bonchev–Trinajstić information content (AvgIpc) is 3.24. The molecule has 4 rings (SSSR count). The fraction of sp³-hybridized carbons (Fsp3) is 0.0667. The standard InChI is InChI=1S/C15H11N3O2S/c1-21-15-16-14(17-18-15)13-5-4-12(20-13)9-2-3-11-10(8-9)6-7-19-11/h2-8H,1H3,(H,16,17,18). The van der Waals surface area contributed by atoms with Crippen LogP contribution in [-0.4, -0.2) is 21.4 Å². The molecule has 3 aromatic heterocycles. The third-order valence-corrected chi connectivity index (χ3v) is 3.77. The highest BCUT2D eigenvalue weighted by Gasteiger charge is 2.11. The molecule has 0 atom stereocenters. The normalized spacial score (nSPS) is 11.3. The van der Waals surface area contributed by atoms with Gasteiger partial charge in [0.25, 0.3) is 0 Å². The highest BCUT2D eigenvalue weighted by Crippen LogP contribution is 2.29. The van der Waals surface area contributed by atoms with E-state index in [1.54, 1.807) is 6.26 Å². The molecular formula is C15H11N3O2S. The van der Waals surface area contributed by atoms with Gasteiger partial charge in [0.15, 0.2) is 11.6 Å². The van der Waals surface area contributed by atoms with Crippen molar-refractivity contribution in [1.82, 2.24) is 15.2 Å². The highest BCUT2D eigenvalue weighted by molar-refractivity contribution is 7.98. The first kappa shape index (κ1) is 12.3. The Balaban J connectivity index is 1.72. The van der Waals surface area contributed by atoms with Gasteiger partial charge in [0.2, 0.25) is 5.16 Å². The van der Waals surface area contributed by atoms with E-state index in [1.165, 1.54) is 11.8 Å². The van der Waals surface area contributed by atoms with Crippen LogP contribution in [0.3, 0.4) is 0 Å². The summed E-state index contributed by atoms with van der Waals surface area (Å²) in [7, 11) is 0. The first-order chi connectivity index (χ1) is 10.3. The van der Waals surface area contributed by atoms with E-state index in [4.69, 9.17) is 8.83 Å². The van der Waals surface area contributed by atoms with E-state index in [0.717, 1.165) is 22.3 Å². The molecule has 21 heavy (non-hydrogen) atoms. The summed E-state index contributed by atoms with van der Waals surface area (Å²) < 4.78 is 11.2. The van der Waals surface area contributed by atoms with Crippen LogP contribution in [0, 0.1) is 0 Å². The van der Waals surface area contributed by atoms with Crippen LogP contribution in [0.15, 0.2) is 56.7 Å². The van der Waals surface area contributed by atoms with Crippen molar-refractivity contribution in [2.75, 3.05) is 6.26 Å². The molecule has 1 N–H and O–H groups in total. The number of furan rings is 2. The number of fused-ring (bicyclic) bond motifs is 1. The molecule has 3 heterocycles. The smallest absolute Gasteiger partial charge is 0.208 e. The maximum atomic E-state index is 5.87. The molecule has 0 bridgehead atoms. The molecule has 6 heteroatoms. The Morgan fingerprint density at radius 1 is 1.10 bits per heavy atom. The number of H-pyrrole nitrogens is 1. The summed E-state index contributed by atoms with van der Waals surface area (Å²) in [6.45, 7) is 0. The lowest BCUT2D eigenvalue weighted by Crippen LogP contribution is -1.76. The zero-order chi connectivity index (χ0) is 14.2. The molecule has 104 valence electrons. The Morgan fingerprint density at radius 3 is 2.86 bits per heavy atom. The topological polar surface area (TPSA) is 67.8 Å². The minimum absolute atomic E-state index is 0.634. The number of hydrogen-bond acceptors (Lipinski definition) is 5. The third-order valence-electron chi connectivity index (χ3n) is 3.22. The molecule has 1 aromatic carbocycles. The molecule has 0 radical (unpaired) electrons. The largest absolute Gasteiger partial charge is 0.464 e. The lowest BCUT2D eigenvalue weighted by molar-refractivity contribution is 0.592. The molecule has 0 saturated heterocycles. The maximum absolute atomic E-state index is 5.87. The van der Waals surface area contributed by atoms with Gasteiger partial charge in [-0.05, 0) is 42.7 Å². The summed E-state index contributed by atoms with van der Waals surface area (Å²) >= 11 is 1.48. The van der Waals surface area contributed by atoms with Gasteiger partial charge in [0.05, 0.1) is 6.26 Å². The van der Waals surface area contributed by atoms with Crippen molar-refractivity contribution in [2.24, 2.45) is 0 Å². The van der Waals surface area contributed by atoms with Crippen molar-refractivity contribution in [1.29, 1.82) is 0 Å². The van der Waals surface area contributed by atoms with E-state index in [9.17, 15) is 0 Å². The van der Waals surface area contributed by atoms with Gasteiger partial charge in [-0.15, -0.1) is 5.10 Å². The first-order valence-corrected chi connectivity index (χ1v) is 7.60. The van der Waals surface area contributed by atoms with E-state index in [0.29, 0.717) is 16.7 Å². The van der Waals surface area contributed by atoms with Gasteiger partial charge in [0, 0.05) is 10.9 Å². The van der Waals surface area contributed by atoms with Gasteiger partial charge < -0.3 is 8.83 Å². The van der Waals surface area contributed by atoms with Gasteiger partial charge in [-0.2, -0.15) is 4.98 Å². The highest BCUT2D eigenvalue weighted by atomic mass is 32.2. The van der Waals surface area contributed by atoms with Gasteiger partial charge in [-0.25, -0.2) is 0 Å². The van der Waals surface area contributed by atoms with Crippen molar-refractivity contribution in [3.05, 3.63) is 42.7 Å². The number of nitrogens with zero attached hydrogens (tertiary/aromatic N) is 2. The van der Waals surface area contributed by atoms with Crippen molar-refractivity contribution >= 4 is 22.7 Å². The van der Waals surface area contributed by atoms with Crippen molar-refractivity contribution < 1.29 is 8.83 Å². The van der Waals surface area contributed by atoms with Gasteiger partial charge in [0.1, 0.15) is 11.3 Å². The van der Waals surface area contributed by atoms with Gasteiger partial charge in [-0.3, -0.25) is 5.10 Å². The Bertz CT molecular complexity index is 906. The monoisotopic (exact) mass is 297 g/mol. The molecule has 0 aliphatic rings. The zero-order valence-electron chi connectivity index (χ0n) is 11.2. The number of nitrogens with one attached hydrogen (secondary N) is 1. The molecule has 0 saturated carbocycles. The Labute approximate surface area is 124 Å². The Morgan fingerprint density at radius 2 is 2.00 bits per heavy atom.